The van der Waals surface area contributed by atoms with E-state index < -0.39 is 5.91 Å². The Morgan fingerprint density at radius 3 is 2.38 bits per heavy atom. The summed E-state index contributed by atoms with van der Waals surface area (Å²) < 4.78 is 10.7. The van der Waals surface area contributed by atoms with Gasteiger partial charge in [0.1, 0.15) is 17.2 Å². The molecule has 0 aliphatic heterocycles. The molecule has 6 heteroatoms. The lowest BCUT2D eigenvalue weighted by Crippen LogP contribution is -2.30. The van der Waals surface area contributed by atoms with Crippen molar-refractivity contribution in [2.75, 3.05) is 11.9 Å². The standard InChI is InChI=1S/C23H22N2O4/c1-3-28-19-12-10-18(11-13-19)24-23(27)21(15-20-5-4-14-29-20)25-22(26)17-8-6-16(2)7-9-17/h4-15H,3H2,1-2H3,(H,24,27)(H,25,26)/b21-15+. The average Bonchev–Trinajstić information content (AvgIpc) is 3.23. The van der Waals surface area contributed by atoms with E-state index in [1.54, 1.807) is 48.5 Å². The van der Waals surface area contributed by atoms with Crippen LogP contribution in [-0.4, -0.2) is 18.4 Å². The predicted octanol–water partition coefficient (Wildman–Crippen LogP) is 4.40. The zero-order valence-corrected chi connectivity index (χ0v) is 16.3. The van der Waals surface area contributed by atoms with E-state index in [0.717, 1.165) is 5.56 Å². The van der Waals surface area contributed by atoms with Crippen LogP contribution in [0.1, 0.15) is 28.6 Å². The second-order valence-corrected chi connectivity index (χ2v) is 6.31. The number of aryl methyl sites for hydroxylation is 1. The quantitative estimate of drug-likeness (QED) is 0.586. The molecule has 0 unspecified atom stereocenters. The zero-order valence-electron chi connectivity index (χ0n) is 16.3. The van der Waals surface area contributed by atoms with Gasteiger partial charge in [-0.05, 0) is 62.4 Å². The van der Waals surface area contributed by atoms with E-state index in [1.807, 2.05) is 26.0 Å². The Labute approximate surface area is 169 Å². The Bertz CT molecular complexity index is 988. The molecule has 0 bridgehead atoms. The fourth-order valence-corrected chi connectivity index (χ4v) is 2.57. The Balaban J connectivity index is 1.78. The van der Waals surface area contributed by atoms with Crippen molar-refractivity contribution in [2.24, 2.45) is 0 Å². The topological polar surface area (TPSA) is 80.6 Å². The molecule has 0 saturated heterocycles. The first-order chi connectivity index (χ1) is 14.0. The van der Waals surface area contributed by atoms with Gasteiger partial charge in [-0.15, -0.1) is 0 Å². The monoisotopic (exact) mass is 390 g/mol. The van der Waals surface area contributed by atoms with Crippen molar-refractivity contribution >= 4 is 23.6 Å². The van der Waals surface area contributed by atoms with Gasteiger partial charge in [0.15, 0.2) is 0 Å². The molecular formula is C23H22N2O4. The normalized spacial score (nSPS) is 11.0. The molecule has 0 fully saturated rings. The molecule has 3 aromatic rings. The Kier molecular flexibility index (Phi) is 6.47. The number of carbonyl (C=O) groups excluding carboxylic acids is 2. The number of amides is 2. The highest BCUT2D eigenvalue weighted by molar-refractivity contribution is 6.10. The first-order valence-electron chi connectivity index (χ1n) is 9.22. The highest BCUT2D eigenvalue weighted by Gasteiger charge is 2.15. The van der Waals surface area contributed by atoms with Crippen molar-refractivity contribution in [1.82, 2.24) is 5.32 Å². The summed E-state index contributed by atoms with van der Waals surface area (Å²) in [6, 6.07) is 17.5. The number of furan rings is 1. The van der Waals surface area contributed by atoms with Crippen molar-refractivity contribution in [3.05, 3.63) is 89.5 Å². The van der Waals surface area contributed by atoms with Gasteiger partial charge in [0.05, 0.1) is 12.9 Å². The molecule has 0 aliphatic rings. The van der Waals surface area contributed by atoms with E-state index in [-0.39, 0.29) is 11.6 Å². The predicted molar refractivity (Wildman–Crippen MR) is 112 cm³/mol. The number of hydrogen-bond acceptors (Lipinski definition) is 4. The maximum absolute atomic E-state index is 12.8. The average molecular weight is 390 g/mol. The third-order valence-corrected chi connectivity index (χ3v) is 4.06. The van der Waals surface area contributed by atoms with Gasteiger partial charge in [0.25, 0.3) is 11.8 Å². The number of hydrogen-bond donors (Lipinski definition) is 2. The number of nitrogens with one attached hydrogen (secondary N) is 2. The molecule has 6 nitrogen and oxygen atoms in total. The van der Waals surface area contributed by atoms with Crippen LogP contribution >= 0.6 is 0 Å². The van der Waals surface area contributed by atoms with Crippen LogP contribution in [0.15, 0.2) is 77.0 Å². The molecule has 2 amide bonds. The number of rotatable bonds is 7. The zero-order chi connectivity index (χ0) is 20.6. The highest BCUT2D eigenvalue weighted by Crippen LogP contribution is 2.17. The van der Waals surface area contributed by atoms with E-state index in [1.165, 1.54) is 12.3 Å². The molecule has 0 atom stereocenters. The van der Waals surface area contributed by atoms with Crippen LogP contribution in [0.25, 0.3) is 6.08 Å². The van der Waals surface area contributed by atoms with E-state index in [2.05, 4.69) is 10.6 Å². The number of ether oxygens (including phenoxy) is 1. The van der Waals surface area contributed by atoms with Gasteiger partial charge in [-0.2, -0.15) is 0 Å². The third-order valence-electron chi connectivity index (χ3n) is 4.06. The van der Waals surface area contributed by atoms with E-state index in [4.69, 9.17) is 9.15 Å². The highest BCUT2D eigenvalue weighted by atomic mass is 16.5. The maximum Gasteiger partial charge on any atom is 0.272 e. The van der Waals surface area contributed by atoms with Crippen LogP contribution in [-0.2, 0) is 4.79 Å². The van der Waals surface area contributed by atoms with Crippen molar-refractivity contribution in [3.63, 3.8) is 0 Å². The summed E-state index contributed by atoms with van der Waals surface area (Å²) in [7, 11) is 0. The molecule has 3 rings (SSSR count). The summed E-state index contributed by atoms with van der Waals surface area (Å²) in [6.07, 6.45) is 2.98. The molecule has 29 heavy (non-hydrogen) atoms. The van der Waals surface area contributed by atoms with Gasteiger partial charge >= 0.3 is 0 Å². The number of carbonyl (C=O) groups is 2. The lowest BCUT2D eigenvalue weighted by molar-refractivity contribution is -0.113. The largest absolute Gasteiger partial charge is 0.494 e. The minimum atomic E-state index is -0.467. The van der Waals surface area contributed by atoms with Crippen LogP contribution in [0, 0.1) is 6.92 Å². The van der Waals surface area contributed by atoms with Crippen molar-refractivity contribution in [2.45, 2.75) is 13.8 Å². The molecule has 0 radical (unpaired) electrons. The van der Waals surface area contributed by atoms with Crippen LogP contribution in [0.3, 0.4) is 0 Å². The van der Waals surface area contributed by atoms with E-state index in [0.29, 0.717) is 29.4 Å². The van der Waals surface area contributed by atoms with Gasteiger partial charge in [-0.25, -0.2) is 0 Å². The Morgan fingerprint density at radius 2 is 1.76 bits per heavy atom. The first-order valence-corrected chi connectivity index (χ1v) is 9.22. The minimum Gasteiger partial charge on any atom is -0.494 e. The second kappa shape index (κ2) is 9.41. The lowest BCUT2D eigenvalue weighted by atomic mass is 10.1. The summed E-state index contributed by atoms with van der Waals surface area (Å²) in [6.45, 7) is 4.40. The van der Waals surface area contributed by atoms with Gasteiger partial charge in [-0.3, -0.25) is 9.59 Å². The summed E-state index contributed by atoms with van der Waals surface area (Å²) in [5.41, 5.74) is 2.14. The van der Waals surface area contributed by atoms with Crippen LogP contribution < -0.4 is 15.4 Å². The number of benzene rings is 2. The van der Waals surface area contributed by atoms with Gasteiger partial charge < -0.3 is 19.8 Å². The fraction of sp³-hybridized carbons (Fsp3) is 0.130. The summed E-state index contributed by atoms with van der Waals surface area (Å²) in [5.74, 6) is 0.311. The molecule has 0 saturated carbocycles. The Morgan fingerprint density at radius 1 is 1.03 bits per heavy atom. The fourth-order valence-electron chi connectivity index (χ4n) is 2.57. The van der Waals surface area contributed by atoms with Crippen molar-refractivity contribution in [3.8, 4) is 5.75 Å². The van der Waals surface area contributed by atoms with E-state index in [9.17, 15) is 9.59 Å². The molecule has 1 heterocycles. The summed E-state index contributed by atoms with van der Waals surface area (Å²) in [5, 5.41) is 5.44. The van der Waals surface area contributed by atoms with Gasteiger partial charge in [-0.1, -0.05) is 17.7 Å². The molecule has 0 spiro atoms. The smallest absolute Gasteiger partial charge is 0.272 e. The van der Waals surface area contributed by atoms with Crippen molar-refractivity contribution in [1.29, 1.82) is 0 Å². The third kappa shape index (κ3) is 5.59. The van der Waals surface area contributed by atoms with Crippen LogP contribution in [0.5, 0.6) is 5.75 Å². The lowest BCUT2D eigenvalue weighted by Gasteiger charge is -2.11. The van der Waals surface area contributed by atoms with Crippen LogP contribution in [0.4, 0.5) is 5.69 Å². The molecule has 2 aromatic carbocycles. The molecule has 0 aliphatic carbocycles. The second-order valence-electron chi connectivity index (χ2n) is 6.31. The van der Waals surface area contributed by atoms with Gasteiger partial charge in [0, 0.05) is 17.3 Å². The van der Waals surface area contributed by atoms with E-state index >= 15 is 0 Å². The SMILES string of the molecule is CCOc1ccc(NC(=O)/C(=C\c2ccco2)NC(=O)c2ccc(C)cc2)cc1. The summed E-state index contributed by atoms with van der Waals surface area (Å²) >= 11 is 0. The molecule has 2 N–H and O–H groups in total. The first kappa shape index (κ1) is 19.9. The molecule has 148 valence electrons. The van der Waals surface area contributed by atoms with Crippen LogP contribution in [0.2, 0.25) is 0 Å². The molecule has 1 aromatic heterocycles. The maximum atomic E-state index is 12.8. The van der Waals surface area contributed by atoms with Gasteiger partial charge in [0.2, 0.25) is 0 Å². The summed E-state index contributed by atoms with van der Waals surface area (Å²) in [4.78, 5) is 25.4. The Hall–Kier alpha value is -3.80. The van der Waals surface area contributed by atoms with Crippen molar-refractivity contribution < 1.29 is 18.7 Å². The minimum absolute atomic E-state index is 0.0689. The molecular weight excluding hydrogens is 368 g/mol. The number of anilines is 1.